The normalized spacial score (nSPS) is 27.4. The third-order valence-corrected chi connectivity index (χ3v) is 5.56. The molecule has 0 amide bonds. The van der Waals surface area contributed by atoms with Crippen molar-refractivity contribution in [3.8, 4) is 0 Å². The summed E-state index contributed by atoms with van der Waals surface area (Å²) in [5.74, 6) is -5.09. The van der Waals surface area contributed by atoms with Crippen LogP contribution in [0.5, 0.6) is 0 Å². The summed E-state index contributed by atoms with van der Waals surface area (Å²) in [5, 5.41) is 11.1. The van der Waals surface area contributed by atoms with E-state index in [4.69, 9.17) is 0 Å². The minimum absolute atomic E-state index is 0.0373. The first-order valence-corrected chi connectivity index (χ1v) is 9.85. The van der Waals surface area contributed by atoms with Gasteiger partial charge in [-0.1, -0.05) is 48.0 Å². The van der Waals surface area contributed by atoms with Gasteiger partial charge in [-0.15, -0.1) is 0 Å². The third-order valence-electron chi connectivity index (χ3n) is 5.56. The number of aliphatic hydroxyl groups is 1. The predicted molar refractivity (Wildman–Crippen MR) is 99.6 cm³/mol. The van der Waals surface area contributed by atoms with Gasteiger partial charge in [0.1, 0.15) is 5.92 Å². The van der Waals surface area contributed by atoms with Gasteiger partial charge in [0.05, 0.1) is 5.92 Å². The lowest BCUT2D eigenvalue weighted by atomic mass is 9.79. The molecule has 3 unspecified atom stereocenters. The summed E-state index contributed by atoms with van der Waals surface area (Å²) in [7, 11) is 0. The fourth-order valence-electron chi connectivity index (χ4n) is 3.48. The number of ketones is 4. The Hall–Kier alpha value is -1.36. The lowest BCUT2D eigenvalue weighted by molar-refractivity contribution is -0.155. The molecule has 0 radical (unpaired) electrons. The Kier molecular flexibility index (Phi) is 7.87. The van der Waals surface area contributed by atoms with Gasteiger partial charge in [0, 0.05) is 12.3 Å². The number of hydrogen-bond donors (Lipinski definition) is 1. The van der Waals surface area contributed by atoms with E-state index in [-0.39, 0.29) is 24.7 Å². The zero-order valence-corrected chi connectivity index (χ0v) is 17.0. The quantitative estimate of drug-likeness (QED) is 0.600. The van der Waals surface area contributed by atoms with Gasteiger partial charge in [-0.2, -0.15) is 0 Å². The van der Waals surface area contributed by atoms with Crippen LogP contribution < -0.4 is 0 Å². The molecule has 1 aliphatic rings. The highest BCUT2D eigenvalue weighted by molar-refractivity contribution is 6.33. The molecule has 0 bridgehead atoms. The van der Waals surface area contributed by atoms with E-state index in [9.17, 15) is 24.3 Å². The first-order chi connectivity index (χ1) is 12.0. The molecule has 0 aliphatic heterocycles. The Bertz CT molecular complexity index is 563. The fraction of sp³-hybridized carbons (Fsp3) is 0.810. The van der Waals surface area contributed by atoms with Crippen LogP contribution >= 0.6 is 0 Å². The van der Waals surface area contributed by atoms with Crippen molar-refractivity contribution in [3.05, 3.63) is 0 Å². The maximum Gasteiger partial charge on any atom is 0.192 e. The van der Waals surface area contributed by atoms with Crippen molar-refractivity contribution in [1.82, 2.24) is 0 Å². The van der Waals surface area contributed by atoms with Gasteiger partial charge in [-0.05, 0) is 31.1 Å². The zero-order valence-electron chi connectivity index (χ0n) is 17.0. The number of carbonyl (C=O) groups is 4. The topological polar surface area (TPSA) is 88.5 Å². The zero-order chi connectivity index (χ0) is 20.2. The maximum absolute atomic E-state index is 12.9. The molecule has 26 heavy (non-hydrogen) atoms. The van der Waals surface area contributed by atoms with Crippen LogP contribution in [-0.4, -0.2) is 33.8 Å². The summed E-state index contributed by atoms with van der Waals surface area (Å²) >= 11 is 0. The molecule has 1 fully saturated rings. The van der Waals surface area contributed by atoms with Crippen molar-refractivity contribution in [2.45, 2.75) is 79.2 Å². The van der Waals surface area contributed by atoms with Crippen molar-refractivity contribution < 1.29 is 24.3 Å². The fourth-order valence-corrected chi connectivity index (χ4v) is 3.48. The Labute approximate surface area is 156 Å². The second-order valence-corrected chi connectivity index (χ2v) is 8.56. The van der Waals surface area contributed by atoms with Crippen molar-refractivity contribution in [2.24, 2.45) is 29.6 Å². The Morgan fingerprint density at radius 2 is 1.58 bits per heavy atom. The molecular formula is C21H34O5. The average Bonchev–Trinajstić information content (AvgIpc) is 2.76. The second kappa shape index (κ2) is 9.03. The van der Waals surface area contributed by atoms with Crippen molar-refractivity contribution >= 4 is 23.1 Å². The average molecular weight is 366 g/mol. The smallest absolute Gasteiger partial charge is 0.192 e. The summed E-state index contributed by atoms with van der Waals surface area (Å²) in [4.78, 5) is 51.2. The minimum atomic E-state index is -2.34. The number of carbonyl (C=O) groups excluding carboxylic acids is 4. The van der Waals surface area contributed by atoms with E-state index in [2.05, 4.69) is 0 Å². The number of hydrogen-bond acceptors (Lipinski definition) is 5. The monoisotopic (exact) mass is 366 g/mol. The van der Waals surface area contributed by atoms with Crippen LogP contribution in [0.4, 0.5) is 0 Å². The lowest BCUT2D eigenvalue weighted by Gasteiger charge is -2.26. The van der Waals surface area contributed by atoms with Crippen LogP contribution in [0.25, 0.3) is 0 Å². The molecule has 5 nitrogen and oxygen atoms in total. The third kappa shape index (κ3) is 4.48. The molecule has 4 atom stereocenters. The van der Waals surface area contributed by atoms with E-state index >= 15 is 0 Å². The van der Waals surface area contributed by atoms with Crippen LogP contribution in [0.2, 0.25) is 0 Å². The molecule has 0 saturated heterocycles. The predicted octanol–water partition coefficient (Wildman–Crippen LogP) is 3.16. The standard InChI is InChI=1S/C21H34O5/c1-7-14(6)18(23)17-19(24)15(10-8-12(2)3)21(26,20(17)25)16(22)11-9-13(4)5/h12-15,17,26H,7-11H2,1-6H3/t14?,15-,17?,21?/m0/s1. The van der Waals surface area contributed by atoms with Crippen molar-refractivity contribution in [3.63, 3.8) is 0 Å². The SMILES string of the molecule is CCC(C)C(=O)C1C(=O)[C@H](CCC(C)C)C(O)(C(=O)CCC(C)C)C1=O. The van der Waals surface area contributed by atoms with Gasteiger partial charge in [-0.25, -0.2) is 0 Å². The summed E-state index contributed by atoms with van der Waals surface area (Å²) in [5.41, 5.74) is -2.34. The van der Waals surface area contributed by atoms with Gasteiger partial charge in [0.15, 0.2) is 28.7 Å². The Morgan fingerprint density at radius 1 is 1.04 bits per heavy atom. The second-order valence-electron chi connectivity index (χ2n) is 8.56. The number of Topliss-reactive ketones (excluding diaryl/α,β-unsaturated/α-hetero) is 4. The Balaban J connectivity index is 3.24. The van der Waals surface area contributed by atoms with Crippen LogP contribution in [-0.2, 0) is 19.2 Å². The summed E-state index contributed by atoms with van der Waals surface area (Å²) in [6, 6.07) is 0. The highest BCUT2D eigenvalue weighted by Gasteiger charge is 2.64. The lowest BCUT2D eigenvalue weighted by Crippen LogP contribution is -2.50. The first kappa shape index (κ1) is 22.7. The maximum atomic E-state index is 12.9. The van der Waals surface area contributed by atoms with Crippen molar-refractivity contribution in [2.75, 3.05) is 0 Å². The largest absolute Gasteiger partial charge is 0.374 e. The van der Waals surface area contributed by atoms with Gasteiger partial charge in [0.25, 0.3) is 0 Å². The molecule has 0 spiro atoms. The number of rotatable bonds is 10. The molecule has 0 aromatic heterocycles. The van der Waals surface area contributed by atoms with Gasteiger partial charge < -0.3 is 5.11 Å². The van der Waals surface area contributed by atoms with Crippen LogP contribution in [0.3, 0.4) is 0 Å². The van der Waals surface area contributed by atoms with Gasteiger partial charge in [0.2, 0.25) is 0 Å². The highest BCUT2D eigenvalue weighted by Crippen LogP contribution is 2.40. The molecule has 1 N–H and O–H groups in total. The molecular weight excluding hydrogens is 332 g/mol. The van der Waals surface area contributed by atoms with E-state index in [0.717, 1.165) is 0 Å². The molecule has 1 aliphatic carbocycles. The van der Waals surface area contributed by atoms with E-state index < -0.39 is 46.5 Å². The molecule has 148 valence electrons. The summed E-state index contributed by atoms with van der Waals surface area (Å²) in [6.45, 7) is 11.3. The van der Waals surface area contributed by atoms with E-state index in [1.165, 1.54) is 0 Å². The van der Waals surface area contributed by atoms with Gasteiger partial charge in [-0.3, -0.25) is 19.2 Å². The first-order valence-electron chi connectivity index (χ1n) is 9.85. The highest BCUT2D eigenvalue weighted by atomic mass is 16.3. The Morgan fingerprint density at radius 3 is 2.04 bits per heavy atom. The summed E-state index contributed by atoms with van der Waals surface area (Å²) in [6.07, 6.45) is 1.93. The molecule has 0 heterocycles. The summed E-state index contributed by atoms with van der Waals surface area (Å²) < 4.78 is 0. The van der Waals surface area contributed by atoms with Gasteiger partial charge >= 0.3 is 0 Å². The molecule has 0 aromatic rings. The van der Waals surface area contributed by atoms with Crippen molar-refractivity contribution in [1.29, 1.82) is 0 Å². The van der Waals surface area contributed by atoms with Crippen LogP contribution in [0.15, 0.2) is 0 Å². The molecule has 5 heteroatoms. The molecule has 0 aromatic carbocycles. The molecule has 1 rings (SSSR count). The van der Waals surface area contributed by atoms with E-state index in [0.29, 0.717) is 19.3 Å². The van der Waals surface area contributed by atoms with E-state index in [1.807, 2.05) is 34.6 Å². The van der Waals surface area contributed by atoms with Crippen LogP contribution in [0, 0.1) is 29.6 Å². The minimum Gasteiger partial charge on any atom is -0.374 e. The molecule has 1 saturated carbocycles. The van der Waals surface area contributed by atoms with E-state index in [1.54, 1.807) is 6.92 Å². The van der Waals surface area contributed by atoms with Crippen LogP contribution in [0.1, 0.15) is 73.6 Å².